The van der Waals surface area contributed by atoms with Crippen LogP contribution in [0.3, 0.4) is 0 Å². The van der Waals surface area contributed by atoms with Crippen molar-refractivity contribution in [3.8, 4) is 0 Å². The molecule has 8 heteroatoms. The molecule has 0 bridgehead atoms. The molecular weight excluding hydrogens is 572 g/mol. The Balaban J connectivity index is 1.16. The van der Waals surface area contributed by atoms with E-state index in [-0.39, 0.29) is 36.5 Å². The van der Waals surface area contributed by atoms with Gasteiger partial charge in [0.25, 0.3) is 0 Å². The van der Waals surface area contributed by atoms with Gasteiger partial charge in [0.05, 0.1) is 48.8 Å². The van der Waals surface area contributed by atoms with Crippen molar-refractivity contribution < 1.29 is 39.4 Å². The van der Waals surface area contributed by atoms with Gasteiger partial charge >= 0.3 is 5.97 Å². The Kier molecular flexibility index (Phi) is 18.6. The lowest BCUT2D eigenvalue weighted by Gasteiger charge is -2.24. The molecule has 4 N–H and O–H groups in total. The van der Waals surface area contributed by atoms with Crippen LogP contribution in [-0.2, 0) is 19.0 Å². The van der Waals surface area contributed by atoms with Crippen LogP contribution in [-0.4, -0.2) is 81.3 Å². The third-order valence-corrected chi connectivity index (χ3v) is 10.1. The van der Waals surface area contributed by atoms with Gasteiger partial charge in [-0.3, -0.25) is 0 Å². The topological polar surface area (TPSA) is 126 Å². The molecule has 45 heavy (non-hydrogen) atoms. The lowest BCUT2D eigenvalue weighted by atomic mass is 9.99. The summed E-state index contributed by atoms with van der Waals surface area (Å²) in [5, 5.41) is 42.1. The highest BCUT2D eigenvalue weighted by Crippen LogP contribution is 2.34. The van der Waals surface area contributed by atoms with Gasteiger partial charge in [-0.25, -0.2) is 4.79 Å². The van der Waals surface area contributed by atoms with Crippen molar-refractivity contribution in [2.24, 2.45) is 0 Å². The number of hydrogen-bond donors (Lipinski definition) is 4. The molecule has 3 heterocycles. The molecule has 0 saturated carbocycles. The predicted octanol–water partition coefficient (Wildman–Crippen LogP) is 6.83. The van der Waals surface area contributed by atoms with E-state index in [4.69, 9.17) is 14.2 Å². The lowest BCUT2D eigenvalue weighted by Crippen LogP contribution is -2.33. The molecule has 0 spiro atoms. The highest BCUT2D eigenvalue weighted by atomic mass is 16.6. The first-order valence-electron chi connectivity index (χ1n) is 18.7. The number of hydrogen-bond acceptors (Lipinski definition) is 8. The summed E-state index contributed by atoms with van der Waals surface area (Å²) in [4.78, 5) is 11.7. The van der Waals surface area contributed by atoms with E-state index >= 15 is 0 Å². The molecule has 0 unspecified atom stereocenters. The Labute approximate surface area is 273 Å². The zero-order valence-corrected chi connectivity index (χ0v) is 28.5. The largest absolute Gasteiger partial charge is 0.455 e. The normalized spacial score (nSPS) is 27.8. The number of carbonyl (C=O) groups excluding carboxylic acids is 1. The van der Waals surface area contributed by atoms with Crippen LogP contribution in [0.2, 0.25) is 0 Å². The number of cyclic esters (lactones) is 1. The predicted molar refractivity (Wildman–Crippen MR) is 177 cm³/mol. The molecule has 3 aliphatic heterocycles. The third kappa shape index (κ3) is 14.7. The molecule has 3 aliphatic rings. The third-order valence-electron chi connectivity index (χ3n) is 10.1. The molecule has 3 rings (SSSR count). The summed E-state index contributed by atoms with van der Waals surface area (Å²) in [5.41, 5.74) is 0.588. The summed E-state index contributed by atoms with van der Waals surface area (Å²) in [5.74, 6) is -0.305. The van der Waals surface area contributed by atoms with E-state index in [2.05, 4.69) is 6.92 Å². The van der Waals surface area contributed by atoms with Crippen molar-refractivity contribution in [1.82, 2.24) is 0 Å². The first-order chi connectivity index (χ1) is 21.8. The maximum Gasteiger partial charge on any atom is 0.334 e. The maximum absolute atomic E-state index is 11.7. The van der Waals surface area contributed by atoms with Gasteiger partial charge in [0.1, 0.15) is 6.10 Å². The van der Waals surface area contributed by atoms with Crippen LogP contribution in [0.1, 0.15) is 162 Å². The summed E-state index contributed by atoms with van der Waals surface area (Å²) < 4.78 is 17.6. The number of ether oxygens (including phenoxy) is 3. The smallest absolute Gasteiger partial charge is 0.334 e. The molecule has 8 nitrogen and oxygen atoms in total. The average Bonchev–Trinajstić information content (AvgIpc) is 3.77. The monoisotopic (exact) mass is 638 g/mol. The standard InChI is InChI=1S/C37H66O8/c1-3-4-5-6-7-8-12-15-18-31(40)33-21-23-35(44-33)36-24-22-34(45-36)32(41)20-19-29(38)16-13-10-9-11-14-17-30(39)26-28-25-27(2)43-37(28)42/h25,27,29-36,38-41H,3-24,26H2,1-2H3/t27-,29-,30+,31+,32-,33+,34+,35-,36-/m1/s1. The summed E-state index contributed by atoms with van der Waals surface area (Å²) >= 11 is 0. The summed E-state index contributed by atoms with van der Waals surface area (Å²) in [6.45, 7) is 4.07. The van der Waals surface area contributed by atoms with Crippen molar-refractivity contribution in [2.45, 2.75) is 216 Å². The Bertz CT molecular complexity index is 833. The van der Waals surface area contributed by atoms with Gasteiger partial charge in [-0.1, -0.05) is 90.4 Å². The fourth-order valence-electron chi connectivity index (χ4n) is 7.29. The highest BCUT2D eigenvalue weighted by molar-refractivity contribution is 5.90. The van der Waals surface area contributed by atoms with Crippen molar-refractivity contribution in [2.75, 3.05) is 0 Å². The van der Waals surface area contributed by atoms with Crippen molar-refractivity contribution in [3.63, 3.8) is 0 Å². The molecule has 2 fully saturated rings. The SMILES string of the molecule is CCCCCCCCCC[C@H](O)[C@@H]1CC[C@H]([C@H]2CC[C@@H]([C@H](O)CC[C@H](O)CCCCCCC[C@H](O)CC3=C[C@@H](C)OC3=O)O2)O1. The fraction of sp³-hybridized carbons (Fsp3) is 0.919. The Hall–Kier alpha value is -1.03. The van der Waals surface area contributed by atoms with E-state index in [0.29, 0.717) is 31.3 Å². The van der Waals surface area contributed by atoms with Gasteiger partial charge in [0.15, 0.2) is 0 Å². The second-order valence-corrected chi connectivity index (χ2v) is 14.2. The van der Waals surface area contributed by atoms with Crippen molar-refractivity contribution in [1.29, 1.82) is 0 Å². The van der Waals surface area contributed by atoms with Gasteiger partial charge in [-0.15, -0.1) is 0 Å². The molecule has 0 aromatic rings. The molecule has 2 saturated heterocycles. The lowest BCUT2D eigenvalue weighted by molar-refractivity contribution is -0.139. The maximum atomic E-state index is 11.7. The number of carbonyl (C=O) groups is 1. The molecule has 262 valence electrons. The average molecular weight is 639 g/mol. The van der Waals surface area contributed by atoms with Gasteiger partial charge in [-0.05, 0) is 70.8 Å². The summed E-state index contributed by atoms with van der Waals surface area (Å²) in [6, 6.07) is 0. The Morgan fingerprint density at radius 3 is 1.67 bits per heavy atom. The van der Waals surface area contributed by atoms with Crippen LogP contribution in [0.15, 0.2) is 11.6 Å². The van der Waals surface area contributed by atoms with Crippen LogP contribution >= 0.6 is 0 Å². The molecule has 9 atom stereocenters. The number of esters is 1. The van der Waals surface area contributed by atoms with E-state index in [1.165, 1.54) is 44.9 Å². The first kappa shape index (κ1) is 38.4. The Morgan fingerprint density at radius 2 is 1.13 bits per heavy atom. The highest BCUT2D eigenvalue weighted by Gasteiger charge is 2.40. The minimum absolute atomic E-state index is 0.00146. The molecule has 0 radical (unpaired) electrons. The second kappa shape index (κ2) is 21.8. The van der Waals surface area contributed by atoms with Crippen LogP contribution in [0.4, 0.5) is 0 Å². The molecule has 0 aliphatic carbocycles. The minimum Gasteiger partial charge on any atom is -0.455 e. The number of rotatable bonds is 25. The number of aliphatic hydroxyl groups excluding tert-OH is 4. The van der Waals surface area contributed by atoms with Crippen molar-refractivity contribution >= 4 is 5.97 Å². The minimum atomic E-state index is -0.578. The van der Waals surface area contributed by atoms with E-state index in [9.17, 15) is 25.2 Å². The molecule has 0 aromatic carbocycles. The van der Waals surface area contributed by atoms with Crippen LogP contribution < -0.4 is 0 Å². The zero-order chi connectivity index (χ0) is 32.4. The van der Waals surface area contributed by atoms with Gasteiger partial charge in [-0.2, -0.15) is 0 Å². The van der Waals surface area contributed by atoms with Gasteiger partial charge in [0.2, 0.25) is 0 Å². The zero-order valence-electron chi connectivity index (χ0n) is 28.5. The van der Waals surface area contributed by atoms with E-state index in [1.807, 2.05) is 6.92 Å². The van der Waals surface area contributed by atoms with E-state index in [1.54, 1.807) is 6.08 Å². The molecule has 0 amide bonds. The van der Waals surface area contributed by atoms with Gasteiger partial charge < -0.3 is 34.6 Å². The van der Waals surface area contributed by atoms with Gasteiger partial charge in [0, 0.05) is 12.0 Å². The van der Waals surface area contributed by atoms with Crippen LogP contribution in [0.25, 0.3) is 0 Å². The summed E-state index contributed by atoms with van der Waals surface area (Å²) in [6.07, 6.45) is 21.6. The van der Waals surface area contributed by atoms with Crippen LogP contribution in [0, 0.1) is 0 Å². The molecular formula is C37H66O8. The number of aliphatic hydroxyl groups is 4. The Morgan fingerprint density at radius 1 is 0.644 bits per heavy atom. The quantitative estimate of drug-likeness (QED) is 0.0634. The van der Waals surface area contributed by atoms with Crippen molar-refractivity contribution in [3.05, 3.63) is 11.6 Å². The number of unbranched alkanes of at least 4 members (excludes halogenated alkanes) is 11. The second-order valence-electron chi connectivity index (χ2n) is 14.2. The van der Waals surface area contributed by atoms with E-state index in [0.717, 1.165) is 77.0 Å². The fourth-order valence-corrected chi connectivity index (χ4v) is 7.29. The first-order valence-corrected chi connectivity index (χ1v) is 18.7. The van der Waals surface area contributed by atoms with E-state index < -0.39 is 24.4 Å². The van der Waals surface area contributed by atoms with Crippen LogP contribution in [0.5, 0.6) is 0 Å². The summed E-state index contributed by atoms with van der Waals surface area (Å²) in [7, 11) is 0. The molecule has 0 aromatic heterocycles.